The van der Waals surface area contributed by atoms with Crippen LogP contribution in [0.15, 0.2) is 0 Å². The molecule has 0 rings (SSSR count). The molecule has 4 nitrogen and oxygen atoms in total. The molecule has 1 N–H and O–H groups in total. The Morgan fingerprint density at radius 3 is 2.22 bits per heavy atom. The Bertz CT molecular complexity index is 113. The first-order valence-electron chi connectivity index (χ1n) is 2.08. The van der Waals surface area contributed by atoms with Crippen molar-refractivity contribution in [2.45, 2.75) is 13.0 Å². The average Bonchev–Trinajstić information content (AvgIpc) is 1.61. The summed E-state index contributed by atoms with van der Waals surface area (Å²) >= 11 is 0. The fraction of sp³-hybridized carbons (Fsp3) is 1.00. The van der Waals surface area contributed by atoms with E-state index in [4.69, 9.17) is 5.11 Å². The molecular weight excluding hydrogens is 155 g/mol. The van der Waals surface area contributed by atoms with Crippen LogP contribution < -0.4 is 0 Å². The zero-order valence-electron chi connectivity index (χ0n) is 4.40. The minimum atomic E-state index is -2.79. The molecule has 0 saturated carbocycles. The van der Waals surface area contributed by atoms with Gasteiger partial charge in [0.05, 0.1) is 12.7 Å². The molecule has 1 atom stereocenters. The SMILES string of the molecule is CC(O)CO[SH](=O)=O.[NaH]. The molecule has 52 valence electrons. The topological polar surface area (TPSA) is 63.6 Å². The maximum atomic E-state index is 9.61. The summed E-state index contributed by atoms with van der Waals surface area (Å²) in [5.41, 5.74) is 0. The van der Waals surface area contributed by atoms with Gasteiger partial charge in [-0.15, -0.1) is 0 Å². The van der Waals surface area contributed by atoms with Crippen LogP contribution in [0.4, 0.5) is 0 Å². The van der Waals surface area contributed by atoms with E-state index >= 15 is 0 Å². The summed E-state index contributed by atoms with van der Waals surface area (Å²) in [5.74, 6) is 0. The van der Waals surface area contributed by atoms with Crippen LogP contribution in [0.25, 0.3) is 0 Å². The van der Waals surface area contributed by atoms with E-state index in [0.29, 0.717) is 0 Å². The van der Waals surface area contributed by atoms with Crippen LogP contribution in [0.5, 0.6) is 0 Å². The third kappa shape index (κ3) is 12.1. The van der Waals surface area contributed by atoms with Crippen LogP contribution in [0, 0.1) is 0 Å². The first-order valence-corrected chi connectivity index (χ1v) is 3.18. The quantitative estimate of drug-likeness (QED) is 0.384. The van der Waals surface area contributed by atoms with Crippen LogP contribution in [0.1, 0.15) is 6.92 Å². The summed E-state index contributed by atoms with van der Waals surface area (Å²) in [6.07, 6.45) is -0.720. The number of aliphatic hydroxyl groups excluding tert-OH is 1. The van der Waals surface area contributed by atoms with Gasteiger partial charge >= 0.3 is 29.6 Å². The van der Waals surface area contributed by atoms with Crippen molar-refractivity contribution >= 4 is 40.5 Å². The molecule has 0 radical (unpaired) electrons. The second-order valence-electron chi connectivity index (χ2n) is 1.37. The fourth-order valence-corrected chi connectivity index (χ4v) is 0.506. The van der Waals surface area contributed by atoms with Crippen LogP contribution in [0.2, 0.25) is 0 Å². The first-order chi connectivity index (χ1) is 3.63. The Hall–Kier alpha value is 0.870. The van der Waals surface area contributed by atoms with Gasteiger partial charge in [0.1, 0.15) is 0 Å². The van der Waals surface area contributed by atoms with Gasteiger partial charge in [0.25, 0.3) is 11.0 Å². The average molecular weight is 164 g/mol. The van der Waals surface area contributed by atoms with Crippen molar-refractivity contribution in [3.05, 3.63) is 0 Å². The molecule has 1 unspecified atom stereocenters. The van der Waals surface area contributed by atoms with Gasteiger partial charge in [-0.05, 0) is 6.92 Å². The number of thiol groups is 1. The molecule has 0 heterocycles. The normalized spacial score (nSPS) is 12.8. The number of aliphatic hydroxyl groups is 1. The van der Waals surface area contributed by atoms with Crippen molar-refractivity contribution in [3.63, 3.8) is 0 Å². The monoisotopic (exact) mass is 164 g/mol. The summed E-state index contributed by atoms with van der Waals surface area (Å²) in [4.78, 5) is 0. The zero-order valence-corrected chi connectivity index (χ0v) is 5.30. The van der Waals surface area contributed by atoms with Crippen molar-refractivity contribution in [1.82, 2.24) is 0 Å². The van der Waals surface area contributed by atoms with E-state index in [2.05, 4.69) is 4.18 Å². The fourth-order valence-electron chi connectivity index (χ4n) is 0.169. The van der Waals surface area contributed by atoms with Gasteiger partial charge in [0.2, 0.25) is 0 Å². The number of hydrogen-bond donors (Lipinski definition) is 2. The molecule has 6 heteroatoms. The third-order valence-corrected chi connectivity index (χ3v) is 0.781. The maximum absolute atomic E-state index is 9.61. The predicted molar refractivity (Wildman–Crippen MR) is 35.1 cm³/mol. The molecule has 0 aromatic carbocycles. The summed E-state index contributed by atoms with van der Waals surface area (Å²) in [6, 6.07) is 0. The van der Waals surface area contributed by atoms with Crippen LogP contribution in [-0.4, -0.2) is 55.8 Å². The summed E-state index contributed by atoms with van der Waals surface area (Å²) in [6.45, 7) is 1.29. The van der Waals surface area contributed by atoms with Gasteiger partial charge in [-0.25, -0.2) is 8.42 Å². The van der Waals surface area contributed by atoms with E-state index in [-0.39, 0.29) is 36.2 Å². The van der Waals surface area contributed by atoms with Gasteiger partial charge in [-0.1, -0.05) is 0 Å². The van der Waals surface area contributed by atoms with E-state index in [0.717, 1.165) is 0 Å². The Balaban J connectivity index is 0. The molecule has 0 aliphatic carbocycles. The van der Waals surface area contributed by atoms with Crippen molar-refractivity contribution in [2.24, 2.45) is 0 Å². The molecule has 0 saturated heterocycles. The van der Waals surface area contributed by atoms with Gasteiger partial charge in [-0.2, -0.15) is 0 Å². The summed E-state index contributed by atoms with van der Waals surface area (Å²) in [5, 5.41) is 8.41. The van der Waals surface area contributed by atoms with Gasteiger partial charge in [0.15, 0.2) is 0 Å². The Morgan fingerprint density at radius 2 is 2.11 bits per heavy atom. The van der Waals surface area contributed by atoms with E-state index in [1.54, 1.807) is 0 Å². The molecule has 0 spiro atoms. The van der Waals surface area contributed by atoms with Crippen molar-refractivity contribution < 1.29 is 17.7 Å². The zero-order chi connectivity index (χ0) is 6.57. The molecule has 0 fully saturated rings. The second-order valence-corrected chi connectivity index (χ2v) is 2.07. The predicted octanol–water partition coefficient (Wildman–Crippen LogP) is -1.74. The molecule has 0 aliphatic rings. The Labute approximate surface area is 77.7 Å². The van der Waals surface area contributed by atoms with E-state index < -0.39 is 17.1 Å². The van der Waals surface area contributed by atoms with Crippen molar-refractivity contribution in [3.8, 4) is 0 Å². The second kappa shape index (κ2) is 6.98. The third-order valence-electron chi connectivity index (χ3n) is 0.421. The number of hydrogen-bond acceptors (Lipinski definition) is 4. The van der Waals surface area contributed by atoms with Crippen LogP contribution >= 0.6 is 0 Å². The molecule has 9 heavy (non-hydrogen) atoms. The molecule has 0 aromatic rings. The van der Waals surface area contributed by atoms with Gasteiger partial charge in [-0.3, -0.25) is 4.18 Å². The van der Waals surface area contributed by atoms with E-state index in [1.807, 2.05) is 0 Å². The van der Waals surface area contributed by atoms with Crippen molar-refractivity contribution in [1.29, 1.82) is 0 Å². The van der Waals surface area contributed by atoms with Gasteiger partial charge < -0.3 is 5.11 Å². The van der Waals surface area contributed by atoms with E-state index in [1.165, 1.54) is 6.92 Å². The molecule has 0 aliphatic heterocycles. The molecule has 0 aromatic heterocycles. The first kappa shape index (κ1) is 12.5. The Morgan fingerprint density at radius 1 is 1.67 bits per heavy atom. The molecular formula is C3H9NaO4S. The molecule has 0 bridgehead atoms. The summed E-state index contributed by atoms with van der Waals surface area (Å²) < 4.78 is 23.2. The molecule has 0 amide bonds. The summed E-state index contributed by atoms with van der Waals surface area (Å²) in [7, 11) is -2.79. The standard InChI is InChI=1S/C3H8O4S.Na.H/c1-3(4)2-7-8(5)6;;/h3-4,8H,2H2,1H3;;. The van der Waals surface area contributed by atoms with Crippen LogP contribution in [0.3, 0.4) is 0 Å². The number of rotatable bonds is 3. The minimum absolute atomic E-state index is 0. The van der Waals surface area contributed by atoms with Gasteiger partial charge in [0, 0.05) is 0 Å². The van der Waals surface area contributed by atoms with Crippen molar-refractivity contribution in [2.75, 3.05) is 6.61 Å². The van der Waals surface area contributed by atoms with E-state index in [9.17, 15) is 8.42 Å². The Kier molecular flexibility index (Phi) is 9.73. The van der Waals surface area contributed by atoms with Crippen LogP contribution in [-0.2, 0) is 15.2 Å².